The Kier molecular flexibility index (Phi) is 2.77. The topological polar surface area (TPSA) is 51.4 Å². The molecule has 82 valence electrons. The van der Waals surface area contributed by atoms with Gasteiger partial charge in [-0.3, -0.25) is 0 Å². The molecule has 1 heterocycles. The Balaban J connectivity index is 2.21. The van der Waals surface area contributed by atoms with Crippen molar-refractivity contribution in [2.24, 2.45) is 5.73 Å². The van der Waals surface area contributed by atoms with Gasteiger partial charge in [-0.25, -0.2) is 4.98 Å². The molecule has 0 aliphatic heterocycles. The SMILES string of the molecule is CN(C)c1cc(CN)c(OC2CC2)cn1. The Hall–Kier alpha value is -1.29. The molecule has 4 heteroatoms. The summed E-state index contributed by atoms with van der Waals surface area (Å²) in [5, 5.41) is 0. The van der Waals surface area contributed by atoms with E-state index in [1.807, 2.05) is 25.1 Å². The van der Waals surface area contributed by atoms with Gasteiger partial charge in [0, 0.05) is 26.2 Å². The third kappa shape index (κ3) is 2.39. The maximum atomic E-state index is 5.72. The van der Waals surface area contributed by atoms with Gasteiger partial charge in [0.05, 0.1) is 12.3 Å². The van der Waals surface area contributed by atoms with Crippen LogP contribution < -0.4 is 15.4 Å². The number of aromatic nitrogens is 1. The van der Waals surface area contributed by atoms with Crippen molar-refractivity contribution in [2.75, 3.05) is 19.0 Å². The smallest absolute Gasteiger partial charge is 0.142 e. The number of rotatable bonds is 4. The Morgan fingerprint density at radius 2 is 2.27 bits per heavy atom. The molecule has 1 aromatic heterocycles. The number of pyridine rings is 1. The van der Waals surface area contributed by atoms with Crippen molar-refractivity contribution in [1.29, 1.82) is 0 Å². The van der Waals surface area contributed by atoms with Crippen molar-refractivity contribution in [2.45, 2.75) is 25.5 Å². The first kappa shape index (κ1) is 10.2. The summed E-state index contributed by atoms with van der Waals surface area (Å²) in [4.78, 5) is 6.27. The van der Waals surface area contributed by atoms with E-state index in [-0.39, 0.29) is 0 Å². The van der Waals surface area contributed by atoms with Crippen LogP contribution in [0, 0.1) is 0 Å². The average molecular weight is 207 g/mol. The first-order valence-electron chi connectivity index (χ1n) is 5.23. The molecule has 1 aliphatic carbocycles. The largest absolute Gasteiger partial charge is 0.488 e. The summed E-state index contributed by atoms with van der Waals surface area (Å²) in [6.07, 6.45) is 4.47. The molecule has 0 saturated heterocycles. The number of nitrogens with zero attached hydrogens (tertiary/aromatic N) is 2. The summed E-state index contributed by atoms with van der Waals surface area (Å²) in [7, 11) is 3.92. The van der Waals surface area contributed by atoms with Crippen LogP contribution in [-0.2, 0) is 6.54 Å². The van der Waals surface area contributed by atoms with Crippen LogP contribution in [0.5, 0.6) is 5.75 Å². The van der Waals surface area contributed by atoms with Crippen LogP contribution in [0.3, 0.4) is 0 Å². The lowest BCUT2D eigenvalue weighted by atomic mass is 10.2. The molecule has 0 spiro atoms. The van der Waals surface area contributed by atoms with Gasteiger partial charge in [-0.05, 0) is 18.9 Å². The predicted molar refractivity (Wildman–Crippen MR) is 60.1 cm³/mol. The average Bonchev–Trinajstić information content (AvgIpc) is 3.02. The normalized spacial score (nSPS) is 15.1. The molecule has 0 radical (unpaired) electrons. The third-order valence-electron chi connectivity index (χ3n) is 2.43. The molecule has 0 unspecified atom stereocenters. The zero-order valence-electron chi connectivity index (χ0n) is 9.23. The third-order valence-corrected chi connectivity index (χ3v) is 2.43. The summed E-state index contributed by atoms with van der Waals surface area (Å²) in [5.41, 5.74) is 6.72. The number of ether oxygens (including phenoxy) is 1. The molecule has 2 N–H and O–H groups in total. The molecule has 0 atom stereocenters. The first-order valence-corrected chi connectivity index (χ1v) is 5.23. The van der Waals surface area contributed by atoms with Gasteiger partial charge in [0.15, 0.2) is 0 Å². The van der Waals surface area contributed by atoms with E-state index < -0.39 is 0 Å². The fraction of sp³-hybridized carbons (Fsp3) is 0.545. The maximum absolute atomic E-state index is 5.72. The van der Waals surface area contributed by atoms with Crippen molar-refractivity contribution in [3.05, 3.63) is 17.8 Å². The lowest BCUT2D eigenvalue weighted by Crippen LogP contribution is -2.12. The van der Waals surface area contributed by atoms with Gasteiger partial charge in [0.1, 0.15) is 11.6 Å². The molecule has 1 aliphatic rings. The molecule has 0 aromatic carbocycles. The molecular weight excluding hydrogens is 190 g/mol. The van der Waals surface area contributed by atoms with Crippen LogP contribution in [0.2, 0.25) is 0 Å². The van der Waals surface area contributed by atoms with Gasteiger partial charge >= 0.3 is 0 Å². The van der Waals surface area contributed by atoms with Crippen molar-refractivity contribution < 1.29 is 4.74 Å². The van der Waals surface area contributed by atoms with Gasteiger partial charge in [-0.1, -0.05) is 0 Å². The minimum Gasteiger partial charge on any atom is -0.488 e. The van der Waals surface area contributed by atoms with Crippen LogP contribution in [0.15, 0.2) is 12.3 Å². The predicted octanol–water partition coefficient (Wildman–Crippen LogP) is 1.15. The van der Waals surface area contributed by atoms with Crippen molar-refractivity contribution in [3.63, 3.8) is 0 Å². The Labute approximate surface area is 90.0 Å². The minimum absolute atomic E-state index is 0.391. The molecule has 0 amide bonds. The monoisotopic (exact) mass is 207 g/mol. The first-order chi connectivity index (χ1) is 7.20. The lowest BCUT2D eigenvalue weighted by Gasteiger charge is -2.15. The van der Waals surface area contributed by atoms with E-state index in [1.165, 1.54) is 0 Å². The zero-order valence-corrected chi connectivity index (χ0v) is 9.23. The van der Waals surface area contributed by atoms with E-state index >= 15 is 0 Å². The minimum atomic E-state index is 0.391. The summed E-state index contributed by atoms with van der Waals surface area (Å²) in [6, 6.07) is 1.98. The standard InChI is InChI=1S/C11H17N3O/c1-14(2)11-5-8(6-12)10(7-13-11)15-9-3-4-9/h5,7,9H,3-4,6,12H2,1-2H3. The maximum Gasteiger partial charge on any atom is 0.142 e. The van der Waals surface area contributed by atoms with E-state index in [0.717, 1.165) is 30.0 Å². The van der Waals surface area contributed by atoms with Gasteiger partial charge in [0.25, 0.3) is 0 Å². The van der Waals surface area contributed by atoms with Gasteiger partial charge in [0.2, 0.25) is 0 Å². The van der Waals surface area contributed by atoms with Crippen molar-refractivity contribution in [1.82, 2.24) is 4.98 Å². The quantitative estimate of drug-likeness (QED) is 0.804. The number of hydrogen-bond donors (Lipinski definition) is 1. The van der Waals surface area contributed by atoms with Crippen LogP contribution in [0.1, 0.15) is 18.4 Å². The Bertz CT molecular complexity index is 348. The number of anilines is 1. The van der Waals surface area contributed by atoms with E-state index in [2.05, 4.69) is 4.98 Å². The second kappa shape index (κ2) is 4.06. The Morgan fingerprint density at radius 3 is 2.80 bits per heavy atom. The number of hydrogen-bond acceptors (Lipinski definition) is 4. The molecule has 15 heavy (non-hydrogen) atoms. The van der Waals surface area contributed by atoms with Crippen LogP contribution in [-0.4, -0.2) is 25.2 Å². The molecule has 1 saturated carbocycles. The molecule has 1 fully saturated rings. The Morgan fingerprint density at radius 1 is 1.53 bits per heavy atom. The van der Waals surface area contributed by atoms with Gasteiger partial charge in [-0.15, -0.1) is 0 Å². The summed E-state index contributed by atoms with van der Waals surface area (Å²) in [5.74, 6) is 1.75. The zero-order chi connectivity index (χ0) is 10.8. The van der Waals surface area contributed by atoms with E-state index in [0.29, 0.717) is 12.6 Å². The molecule has 4 nitrogen and oxygen atoms in total. The van der Waals surface area contributed by atoms with Crippen LogP contribution in [0.25, 0.3) is 0 Å². The summed E-state index contributed by atoms with van der Waals surface area (Å²) in [6.45, 7) is 0.491. The summed E-state index contributed by atoms with van der Waals surface area (Å²) >= 11 is 0. The van der Waals surface area contributed by atoms with Crippen molar-refractivity contribution >= 4 is 5.82 Å². The molecule has 1 aromatic rings. The highest BCUT2D eigenvalue weighted by atomic mass is 16.5. The van der Waals surface area contributed by atoms with Crippen molar-refractivity contribution in [3.8, 4) is 5.75 Å². The molecular formula is C11H17N3O. The van der Waals surface area contributed by atoms with Gasteiger partial charge < -0.3 is 15.4 Å². The fourth-order valence-electron chi connectivity index (χ4n) is 1.35. The summed E-state index contributed by atoms with van der Waals surface area (Å²) < 4.78 is 5.72. The lowest BCUT2D eigenvalue weighted by molar-refractivity contribution is 0.299. The number of nitrogens with two attached hydrogens (primary N) is 1. The highest BCUT2D eigenvalue weighted by Gasteiger charge is 2.24. The molecule has 0 bridgehead atoms. The van der Waals surface area contributed by atoms with E-state index in [4.69, 9.17) is 10.5 Å². The highest BCUT2D eigenvalue weighted by molar-refractivity contribution is 5.45. The van der Waals surface area contributed by atoms with Crippen LogP contribution >= 0.6 is 0 Å². The highest BCUT2D eigenvalue weighted by Crippen LogP contribution is 2.29. The molecule has 2 rings (SSSR count). The second-order valence-corrected chi connectivity index (χ2v) is 4.07. The van der Waals surface area contributed by atoms with E-state index in [1.54, 1.807) is 6.20 Å². The fourth-order valence-corrected chi connectivity index (χ4v) is 1.35. The van der Waals surface area contributed by atoms with Crippen LogP contribution in [0.4, 0.5) is 5.82 Å². The second-order valence-electron chi connectivity index (χ2n) is 4.07. The van der Waals surface area contributed by atoms with Gasteiger partial charge in [-0.2, -0.15) is 0 Å². The van der Waals surface area contributed by atoms with E-state index in [9.17, 15) is 0 Å².